The van der Waals surface area contributed by atoms with Gasteiger partial charge in [0.2, 0.25) is 5.91 Å². The fourth-order valence-corrected chi connectivity index (χ4v) is 1.65. The van der Waals surface area contributed by atoms with E-state index >= 15 is 0 Å². The Labute approximate surface area is 112 Å². The Kier molecular flexibility index (Phi) is 5.95. The molecule has 0 saturated carbocycles. The van der Waals surface area contributed by atoms with Gasteiger partial charge >= 0.3 is 0 Å². The molecule has 1 amide bonds. The molecule has 0 aliphatic heterocycles. The average Bonchev–Trinajstić information content (AvgIpc) is 2.38. The summed E-state index contributed by atoms with van der Waals surface area (Å²) in [5.74, 6) is 0.430. The highest BCUT2D eigenvalue weighted by Gasteiger charge is 2.14. The van der Waals surface area contributed by atoms with E-state index in [0.29, 0.717) is 19.0 Å². The van der Waals surface area contributed by atoms with Crippen LogP contribution in [0.25, 0.3) is 0 Å². The third-order valence-corrected chi connectivity index (χ3v) is 2.74. The molecule has 0 fully saturated rings. The van der Waals surface area contributed by atoms with Crippen molar-refractivity contribution in [3.05, 3.63) is 23.8 Å². The maximum Gasteiger partial charge on any atom is 0.241 e. The molecule has 100 valence electrons. The van der Waals surface area contributed by atoms with Crippen molar-refractivity contribution in [3.63, 3.8) is 0 Å². The summed E-state index contributed by atoms with van der Waals surface area (Å²) >= 11 is 5.56. The topological polar surface area (TPSA) is 38.8 Å². The van der Waals surface area contributed by atoms with Crippen LogP contribution in [0.5, 0.6) is 5.75 Å². The fraction of sp³-hybridized carbons (Fsp3) is 0.462. The molecule has 0 unspecified atom stereocenters. The third-order valence-electron chi connectivity index (χ3n) is 2.51. The van der Waals surface area contributed by atoms with Crippen LogP contribution in [0.2, 0.25) is 0 Å². The largest absolute Gasteiger partial charge is 0.489 e. The number of aryl methyl sites for hydroxylation is 1. The van der Waals surface area contributed by atoms with Gasteiger partial charge in [0, 0.05) is 14.2 Å². The Hall–Kier alpha value is -1.26. The first kappa shape index (κ1) is 14.8. The third kappa shape index (κ3) is 3.89. The van der Waals surface area contributed by atoms with Gasteiger partial charge in [0.15, 0.2) is 0 Å². The summed E-state index contributed by atoms with van der Waals surface area (Å²) in [6.07, 6.45) is 0. The summed E-state index contributed by atoms with van der Waals surface area (Å²) in [5, 5.41) is 0. The van der Waals surface area contributed by atoms with Gasteiger partial charge in [-0.15, -0.1) is 11.6 Å². The van der Waals surface area contributed by atoms with E-state index < -0.39 is 0 Å². The lowest BCUT2D eigenvalue weighted by Crippen LogP contribution is -2.27. The molecule has 0 N–H and O–H groups in total. The highest BCUT2D eigenvalue weighted by atomic mass is 35.5. The Balaban J connectivity index is 2.92. The molecule has 0 saturated heterocycles. The molecule has 0 bridgehead atoms. The first-order chi connectivity index (χ1) is 8.60. The molecule has 0 aromatic heterocycles. The Morgan fingerprint density at radius 1 is 1.39 bits per heavy atom. The van der Waals surface area contributed by atoms with E-state index in [4.69, 9.17) is 21.1 Å². The summed E-state index contributed by atoms with van der Waals surface area (Å²) in [6.45, 7) is 2.90. The minimum atomic E-state index is -0.168. The quantitative estimate of drug-likeness (QED) is 0.588. The molecule has 1 aromatic rings. The zero-order chi connectivity index (χ0) is 13.5. The number of ether oxygens (including phenoxy) is 2. The molecule has 0 radical (unpaired) electrons. The molecular weight excluding hydrogens is 254 g/mol. The predicted molar refractivity (Wildman–Crippen MR) is 72.7 cm³/mol. The van der Waals surface area contributed by atoms with Crippen molar-refractivity contribution in [2.45, 2.75) is 6.92 Å². The number of anilines is 1. The van der Waals surface area contributed by atoms with Crippen molar-refractivity contribution in [1.29, 1.82) is 0 Å². The number of nitrogens with zero attached hydrogens (tertiary/aromatic N) is 1. The van der Waals surface area contributed by atoms with Crippen LogP contribution in [0.15, 0.2) is 18.2 Å². The summed E-state index contributed by atoms with van der Waals surface area (Å²) in [5.41, 5.74) is 1.77. The number of rotatable bonds is 6. The number of methoxy groups -OCH3 is 1. The zero-order valence-corrected chi connectivity index (χ0v) is 11.7. The molecular formula is C13H18ClNO3. The van der Waals surface area contributed by atoms with Gasteiger partial charge in [0.05, 0.1) is 12.3 Å². The molecule has 0 aliphatic rings. The van der Waals surface area contributed by atoms with Crippen molar-refractivity contribution in [3.8, 4) is 5.75 Å². The van der Waals surface area contributed by atoms with Gasteiger partial charge < -0.3 is 14.4 Å². The monoisotopic (exact) mass is 271 g/mol. The van der Waals surface area contributed by atoms with Gasteiger partial charge in [-0.3, -0.25) is 4.79 Å². The van der Waals surface area contributed by atoms with Gasteiger partial charge in [-0.1, -0.05) is 6.07 Å². The lowest BCUT2D eigenvalue weighted by Gasteiger charge is -2.20. The van der Waals surface area contributed by atoms with E-state index in [1.165, 1.54) is 4.90 Å². The maximum absolute atomic E-state index is 11.6. The fourth-order valence-electron chi connectivity index (χ4n) is 1.47. The van der Waals surface area contributed by atoms with Crippen molar-refractivity contribution in [2.75, 3.05) is 38.2 Å². The summed E-state index contributed by atoms with van der Waals surface area (Å²) < 4.78 is 10.5. The van der Waals surface area contributed by atoms with E-state index in [-0.39, 0.29) is 11.8 Å². The SMILES string of the molecule is COCCOc1ccc(C)cc1N(C)C(=O)CCl. The minimum Gasteiger partial charge on any atom is -0.489 e. The first-order valence-electron chi connectivity index (χ1n) is 5.65. The van der Waals surface area contributed by atoms with Gasteiger partial charge in [0.1, 0.15) is 18.2 Å². The van der Waals surface area contributed by atoms with Gasteiger partial charge in [0.25, 0.3) is 0 Å². The highest BCUT2D eigenvalue weighted by Crippen LogP contribution is 2.29. The van der Waals surface area contributed by atoms with Crippen molar-refractivity contribution >= 4 is 23.2 Å². The van der Waals surface area contributed by atoms with Gasteiger partial charge in [-0.05, 0) is 24.6 Å². The number of carbonyl (C=O) groups excluding carboxylic acids is 1. The standard InChI is InChI=1S/C13H18ClNO3/c1-10-4-5-12(18-7-6-17-3)11(8-10)15(2)13(16)9-14/h4-5,8H,6-7,9H2,1-3H3. The molecule has 0 atom stereocenters. The molecule has 4 nitrogen and oxygen atoms in total. The number of carbonyl (C=O) groups is 1. The Bertz CT molecular complexity index is 409. The Morgan fingerprint density at radius 2 is 2.11 bits per heavy atom. The molecule has 0 heterocycles. The van der Waals surface area contributed by atoms with E-state index in [0.717, 1.165) is 11.3 Å². The maximum atomic E-state index is 11.6. The zero-order valence-electron chi connectivity index (χ0n) is 10.9. The smallest absolute Gasteiger partial charge is 0.241 e. The van der Waals surface area contributed by atoms with Crippen LogP contribution in [-0.2, 0) is 9.53 Å². The molecule has 1 aromatic carbocycles. The second kappa shape index (κ2) is 7.24. The van der Waals surface area contributed by atoms with Crippen LogP contribution >= 0.6 is 11.6 Å². The average molecular weight is 272 g/mol. The van der Waals surface area contributed by atoms with Crippen LogP contribution in [0.1, 0.15) is 5.56 Å². The second-order valence-corrected chi connectivity index (χ2v) is 4.17. The lowest BCUT2D eigenvalue weighted by molar-refractivity contribution is -0.116. The van der Waals surface area contributed by atoms with E-state index in [1.807, 2.05) is 25.1 Å². The number of benzene rings is 1. The summed E-state index contributed by atoms with van der Waals surface area (Å²) in [6, 6.07) is 5.68. The van der Waals surface area contributed by atoms with Gasteiger partial charge in [-0.2, -0.15) is 0 Å². The molecule has 0 aliphatic carbocycles. The van der Waals surface area contributed by atoms with Crippen molar-refractivity contribution in [2.24, 2.45) is 0 Å². The van der Waals surface area contributed by atoms with Crippen LogP contribution in [0.3, 0.4) is 0 Å². The minimum absolute atomic E-state index is 0.0536. The molecule has 18 heavy (non-hydrogen) atoms. The van der Waals surface area contributed by atoms with E-state index in [1.54, 1.807) is 14.2 Å². The second-order valence-electron chi connectivity index (χ2n) is 3.90. The predicted octanol–water partition coefficient (Wildman–Crippen LogP) is 2.22. The van der Waals surface area contributed by atoms with Crippen LogP contribution in [0.4, 0.5) is 5.69 Å². The highest BCUT2D eigenvalue weighted by molar-refractivity contribution is 6.29. The van der Waals surface area contributed by atoms with Crippen LogP contribution in [-0.4, -0.2) is 39.2 Å². The summed E-state index contributed by atoms with van der Waals surface area (Å²) in [7, 11) is 3.30. The number of halogens is 1. The van der Waals surface area contributed by atoms with Crippen molar-refractivity contribution < 1.29 is 14.3 Å². The number of alkyl halides is 1. The first-order valence-corrected chi connectivity index (χ1v) is 6.18. The molecule has 1 rings (SSSR count). The van der Waals surface area contributed by atoms with E-state index in [2.05, 4.69) is 0 Å². The van der Waals surface area contributed by atoms with E-state index in [9.17, 15) is 4.79 Å². The number of amides is 1. The molecule has 0 spiro atoms. The van der Waals surface area contributed by atoms with Crippen molar-refractivity contribution in [1.82, 2.24) is 0 Å². The molecule has 5 heteroatoms. The Morgan fingerprint density at radius 3 is 2.72 bits per heavy atom. The number of hydrogen-bond acceptors (Lipinski definition) is 3. The van der Waals surface area contributed by atoms with Gasteiger partial charge in [-0.25, -0.2) is 0 Å². The lowest BCUT2D eigenvalue weighted by atomic mass is 10.2. The van der Waals surface area contributed by atoms with Crippen LogP contribution < -0.4 is 9.64 Å². The van der Waals surface area contributed by atoms with Crippen LogP contribution in [0, 0.1) is 6.92 Å². The normalized spacial score (nSPS) is 10.2. The summed E-state index contributed by atoms with van der Waals surface area (Å²) in [4.78, 5) is 13.1. The number of hydrogen-bond donors (Lipinski definition) is 0.